The van der Waals surface area contributed by atoms with Crippen LogP contribution in [-0.2, 0) is 0 Å². The Morgan fingerprint density at radius 2 is 1.70 bits per heavy atom. The summed E-state index contributed by atoms with van der Waals surface area (Å²) in [5.74, 6) is 1.93. The Labute approximate surface area is 161 Å². The van der Waals surface area contributed by atoms with Crippen molar-refractivity contribution in [2.45, 2.75) is 83.1 Å². The van der Waals surface area contributed by atoms with Crippen LogP contribution in [0.25, 0.3) is 0 Å². The molecule has 2 heterocycles. The fraction of sp³-hybridized carbons (Fsp3) is 0.905. The maximum absolute atomic E-state index is 13.8. The first-order valence-corrected chi connectivity index (χ1v) is 10.9. The van der Waals surface area contributed by atoms with Crippen molar-refractivity contribution in [1.82, 2.24) is 9.91 Å². The Bertz CT molecular complexity index is 550. The predicted octanol–water partition coefficient (Wildman–Crippen LogP) is 4.79. The standard InChI is InChI=1S/C21H33F2N3O/c1-14(15-5-3-2-4-6-15)17-12-25(13-17)21(27)26-20(7-8-24-26)16-9-18(22)11-19(23)10-16/h8,14-20H,2-7,9-13H2,1H3/t14?,16?,18?,19?,20-/m0/s1. The minimum Gasteiger partial charge on any atom is -0.322 e. The van der Waals surface area contributed by atoms with Gasteiger partial charge in [0.1, 0.15) is 12.3 Å². The fourth-order valence-corrected chi connectivity index (χ4v) is 5.74. The summed E-state index contributed by atoms with van der Waals surface area (Å²) in [5.41, 5.74) is 0. The van der Waals surface area contributed by atoms with Crippen molar-refractivity contribution >= 4 is 12.2 Å². The van der Waals surface area contributed by atoms with E-state index in [-0.39, 0.29) is 24.4 Å². The van der Waals surface area contributed by atoms with E-state index in [1.807, 2.05) is 4.90 Å². The lowest BCUT2D eigenvalue weighted by Gasteiger charge is -2.47. The van der Waals surface area contributed by atoms with E-state index in [1.54, 1.807) is 6.21 Å². The van der Waals surface area contributed by atoms with Crippen LogP contribution in [0.5, 0.6) is 0 Å². The number of carbonyl (C=O) groups excluding carboxylic acids is 1. The van der Waals surface area contributed by atoms with Gasteiger partial charge in [-0.05, 0) is 36.5 Å². The van der Waals surface area contributed by atoms with Gasteiger partial charge in [0.05, 0.1) is 6.04 Å². The van der Waals surface area contributed by atoms with E-state index in [2.05, 4.69) is 12.0 Å². The Morgan fingerprint density at radius 3 is 2.37 bits per heavy atom. The second-order valence-corrected chi connectivity index (χ2v) is 9.31. The van der Waals surface area contributed by atoms with Crippen LogP contribution in [-0.4, -0.2) is 53.6 Å². The van der Waals surface area contributed by atoms with Gasteiger partial charge in [-0.25, -0.2) is 18.6 Å². The second-order valence-electron chi connectivity index (χ2n) is 9.31. The molecule has 4 rings (SSSR count). The van der Waals surface area contributed by atoms with E-state index in [1.165, 1.54) is 37.1 Å². The van der Waals surface area contributed by atoms with Crippen molar-refractivity contribution in [3.8, 4) is 0 Å². The number of hydrazone groups is 1. The first-order valence-electron chi connectivity index (χ1n) is 10.9. The SMILES string of the molecule is CC(C1CCCCC1)C1CN(C(=O)N2N=CC[C@H]2C2CC(F)CC(F)C2)C1. The monoisotopic (exact) mass is 381 g/mol. The molecule has 2 saturated carbocycles. The maximum Gasteiger partial charge on any atom is 0.340 e. The first kappa shape index (κ1) is 19.1. The molecule has 1 saturated heterocycles. The number of hydrogen-bond acceptors (Lipinski definition) is 2. The van der Waals surface area contributed by atoms with E-state index in [0.29, 0.717) is 31.1 Å². The summed E-state index contributed by atoms with van der Waals surface area (Å²) < 4.78 is 27.6. The van der Waals surface area contributed by atoms with Gasteiger partial charge in [0, 0.05) is 32.1 Å². The summed E-state index contributed by atoms with van der Waals surface area (Å²) in [6, 6.07) is -0.249. The highest BCUT2D eigenvalue weighted by atomic mass is 19.1. The van der Waals surface area contributed by atoms with Crippen molar-refractivity contribution in [1.29, 1.82) is 0 Å². The number of urea groups is 1. The number of alkyl halides is 2. The quantitative estimate of drug-likeness (QED) is 0.692. The summed E-state index contributed by atoms with van der Waals surface area (Å²) in [7, 11) is 0. The van der Waals surface area contributed by atoms with E-state index in [4.69, 9.17) is 0 Å². The lowest BCUT2D eigenvalue weighted by molar-refractivity contribution is 0.0242. The summed E-state index contributed by atoms with van der Waals surface area (Å²) in [6.07, 6.45) is 7.59. The summed E-state index contributed by atoms with van der Waals surface area (Å²) in [5, 5.41) is 5.80. The van der Waals surface area contributed by atoms with E-state index >= 15 is 0 Å². The average Bonchev–Trinajstić information content (AvgIpc) is 3.10. The van der Waals surface area contributed by atoms with Gasteiger partial charge >= 0.3 is 6.03 Å². The zero-order valence-electron chi connectivity index (χ0n) is 16.4. The van der Waals surface area contributed by atoms with Crippen molar-refractivity contribution in [2.75, 3.05) is 13.1 Å². The topological polar surface area (TPSA) is 35.9 Å². The molecule has 0 aromatic heterocycles. The highest BCUT2D eigenvalue weighted by Crippen LogP contribution is 2.39. The van der Waals surface area contributed by atoms with E-state index in [9.17, 15) is 13.6 Å². The fourth-order valence-electron chi connectivity index (χ4n) is 5.74. The molecule has 0 N–H and O–H groups in total. The van der Waals surface area contributed by atoms with Crippen LogP contribution >= 0.6 is 0 Å². The molecular formula is C21H33F2N3O. The van der Waals surface area contributed by atoms with Crippen LogP contribution in [0.4, 0.5) is 13.6 Å². The third-order valence-corrected chi connectivity index (χ3v) is 7.55. The normalized spacial score (nSPS) is 36.7. The molecule has 3 unspecified atom stereocenters. The molecule has 6 heteroatoms. The molecule has 0 aromatic carbocycles. The van der Waals surface area contributed by atoms with Gasteiger partial charge in [-0.3, -0.25) is 0 Å². The van der Waals surface area contributed by atoms with Gasteiger partial charge < -0.3 is 4.90 Å². The minimum atomic E-state index is -1.10. The zero-order chi connectivity index (χ0) is 19.0. The lowest BCUT2D eigenvalue weighted by Crippen LogP contribution is -2.58. The molecule has 27 heavy (non-hydrogen) atoms. The number of nitrogens with zero attached hydrogens (tertiary/aromatic N) is 3. The van der Waals surface area contributed by atoms with Gasteiger partial charge in [-0.1, -0.05) is 39.0 Å². The van der Waals surface area contributed by atoms with Gasteiger partial charge in [0.25, 0.3) is 0 Å². The smallest absolute Gasteiger partial charge is 0.322 e. The van der Waals surface area contributed by atoms with Gasteiger partial charge in [-0.15, -0.1) is 0 Å². The molecule has 3 fully saturated rings. The predicted molar refractivity (Wildman–Crippen MR) is 102 cm³/mol. The molecule has 152 valence electrons. The number of rotatable bonds is 3. The number of carbonyl (C=O) groups is 1. The average molecular weight is 382 g/mol. The van der Waals surface area contributed by atoms with Crippen LogP contribution in [0.3, 0.4) is 0 Å². The lowest BCUT2D eigenvalue weighted by atomic mass is 9.72. The summed E-state index contributed by atoms with van der Waals surface area (Å²) in [4.78, 5) is 14.8. The highest BCUT2D eigenvalue weighted by molar-refractivity contribution is 5.78. The molecule has 0 spiro atoms. The van der Waals surface area contributed by atoms with Crippen molar-refractivity contribution < 1.29 is 13.6 Å². The third-order valence-electron chi connectivity index (χ3n) is 7.55. The summed E-state index contributed by atoms with van der Waals surface area (Å²) in [6.45, 7) is 3.96. The molecule has 0 bridgehead atoms. The van der Waals surface area contributed by atoms with Gasteiger partial charge in [-0.2, -0.15) is 5.10 Å². The van der Waals surface area contributed by atoms with Crippen LogP contribution in [0.2, 0.25) is 0 Å². The van der Waals surface area contributed by atoms with Crippen molar-refractivity contribution in [2.24, 2.45) is 28.8 Å². The molecular weight excluding hydrogens is 348 g/mol. The van der Waals surface area contributed by atoms with Gasteiger partial charge in [0.15, 0.2) is 0 Å². The largest absolute Gasteiger partial charge is 0.340 e. The minimum absolute atomic E-state index is 0.00484. The third kappa shape index (κ3) is 4.00. The molecule has 4 nitrogen and oxygen atoms in total. The number of amides is 2. The molecule has 0 aromatic rings. The van der Waals surface area contributed by atoms with E-state index in [0.717, 1.165) is 19.0 Å². The van der Waals surface area contributed by atoms with Gasteiger partial charge in [0.2, 0.25) is 0 Å². The molecule has 2 amide bonds. The zero-order valence-corrected chi connectivity index (χ0v) is 16.4. The molecule has 2 aliphatic heterocycles. The number of halogens is 2. The highest BCUT2D eigenvalue weighted by Gasteiger charge is 2.44. The van der Waals surface area contributed by atoms with Crippen molar-refractivity contribution in [3.63, 3.8) is 0 Å². The number of hydrogen-bond donors (Lipinski definition) is 0. The maximum atomic E-state index is 13.8. The Hall–Kier alpha value is -1.20. The molecule has 2 aliphatic carbocycles. The second kappa shape index (κ2) is 8.04. The van der Waals surface area contributed by atoms with Crippen LogP contribution < -0.4 is 0 Å². The molecule has 4 aliphatic rings. The van der Waals surface area contributed by atoms with E-state index < -0.39 is 12.3 Å². The Morgan fingerprint density at radius 1 is 1.04 bits per heavy atom. The number of likely N-dealkylation sites (tertiary alicyclic amines) is 1. The van der Waals surface area contributed by atoms with Crippen LogP contribution in [0.15, 0.2) is 5.10 Å². The van der Waals surface area contributed by atoms with Crippen LogP contribution in [0.1, 0.15) is 64.7 Å². The summed E-state index contributed by atoms with van der Waals surface area (Å²) >= 11 is 0. The van der Waals surface area contributed by atoms with Crippen LogP contribution in [0, 0.1) is 23.7 Å². The first-order chi connectivity index (χ1) is 13.0. The Kier molecular flexibility index (Phi) is 5.70. The molecule has 4 atom stereocenters. The Balaban J connectivity index is 1.31. The van der Waals surface area contributed by atoms with Crippen molar-refractivity contribution in [3.05, 3.63) is 0 Å². The molecule has 0 radical (unpaired) electrons.